The molecule has 0 bridgehead atoms. The lowest BCUT2D eigenvalue weighted by Crippen LogP contribution is -2.40. The molecule has 3 heterocycles. The molecule has 0 saturated carbocycles. The maximum Gasteiger partial charge on any atom is 0.309 e. The van der Waals surface area contributed by atoms with Crippen molar-refractivity contribution in [1.29, 1.82) is 0 Å². The van der Waals surface area contributed by atoms with E-state index in [1.807, 2.05) is 42.8 Å². The summed E-state index contributed by atoms with van der Waals surface area (Å²) in [7, 11) is 0. The molecule has 1 aliphatic carbocycles. The van der Waals surface area contributed by atoms with Crippen molar-refractivity contribution in [3.63, 3.8) is 0 Å². The Balaban J connectivity index is 1.35. The Bertz CT molecular complexity index is 1240. The molecule has 1 amide bonds. The normalized spacial score (nSPS) is 15.7. The van der Waals surface area contributed by atoms with Gasteiger partial charge in [0.15, 0.2) is 5.76 Å². The molecule has 34 heavy (non-hydrogen) atoms. The molecule has 2 aromatic heterocycles. The van der Waals surface area contributed by atoms with Crippen LogP contribution >= 0.6 is 11.6 Å². The number of likely N-dealkylation sites (tertiary alicyclic amines) is 1. The van der Waals surface area contributed by atoms with E-state index >= 15 is 0 Å². The molecule has 1 aromatic carbocycles. The van der Waals surface area contributed by atoms with Gasteiger partial charge in [-0.05, 0) is 56.4 Å². The number of ether oxygens (including phenoxy) is 1. The molecule has 1 fully saturated rings. The van der Waals surface area contributed by atoms with Gasteiger partial charge in [-0.1, -0.05) is 23.7 Å². The first-order valence-electron chi connectivity index (χ1n) is 11.8. The zero-order valence-electron chi connectivity index (χ0n) is 19.5. The SMILES string of the molecule is CCOC(=O)C1CCN(C(=O)c2oc3c(c2C)-c2nn(Cc4cccc(Cl)c4)cc2CC3)CC1. The van der Waals surface area contributed by atoms with E-state index in [1.165, 1.54) is 0 Å². The summed E-state index contributed by atoms with van der Waals surface area (Å²) >= 11 is 6.13. The van der Waals surface area contributed by atoms with Gasteiger partial charge in [-0.3, -0.25) is 14.3 Å². The minimum Gasteiger partial charge on any atom is -0.466 e. The van der Waals surface area contributed by atoms with Crippen molar-refractivity contribution in [2.75, 3.05) is 19.7 Å². The summed E-state index contributed by atoms with van der Waals surface area (Å²) < 4.78 is 13.2. The van der Waals surface area contributed by atoms with Crippen LogP contribution in [0.15, 0.2) is 34.9 Å². The topological polar surface area (TPSA) is 77.6 Å². The Morgan fingerprint density at radius 1 is 1.24 bits per heavy atom. The molecule has 3 aromatic rings. The van der Waals surface area contributed by atoms with Gasteiger partial charge in [0, 0.05) is 41.9 Å². The van der Waals surface area contributed by atoms with Crippen LogP contribution in [0.1, 0.15) is 52.8 Å². The van der Waals surface area contributed by atoms with E-state index < -0.39 is 0 Å². The molecule has 0 unspecified atom stereocenters. The van der Waals surface area contributed by atoms with Crippen LogP contribution in [-0.2, 0) is 28.9 Å². The molecule has 1 aliphatic heterocycles. The molecule has 178 valence electrons. The standard InChI is InChI=1S/C26H28ClN3O4/c1-3-33-26(32)18-9-11-29(12-10-18)25(31)24-16(2)22-21(34-24)8-7-19-15-30(28-23(19)22)14-17-5-4-6-20(27)13-17/h4-6,13,15,18H,3,7-12,14H2,1-2H3. The van der Waals surface area contributed by atoms with Gasteiger partial charge >= 0.3 is 5.97 Å². The average molecular weight is 482 g/mol. The second kappa shape index (κ2) is 9.29. The summed E-state index contributed by atoms with van der Waals surface area (Å²) in [4.78, 5) is 27.1. The third-order valence-corrected chi connectivity index (χ3v) is 6.98. The molecular formula is C26H28ClN3O4. The molecule has 2 aliphatic rings. The summed E-state index contributed by atoms with van der Waals surface area (Å²) in [5.74, 6) is 0.787. The van der Waals surface area contributed by atoms with Crippen LogP contribution in [0.2, 0.25) is 5.02 Å². The lowest BCUT2D eigenvalue weighted by atomic mass is 9.93. The molecule has 1 saturated heterocycles. The zero-order valence-corrected chi connectivity index (χ0v) is 20.2. The second-order valence-electron chi connectivity index (χ2n) is 9.00. The van der Waals surface area contributed by atoms with E-state index in [0.717, 1.165) is 46.5 Å². The first-order chi connectivity index (χ1) is 16.4. The fraction of sp³-hybridized carbons (Fsp3) is 0.423. The number of aromatic nitrogens is 2. The Morgan fingerprint density at radius 2 is 2.03 bits per heavy atom. The van der Waals surface area contributed by atoms with Crippen LogP contribution in [0.25, 0.3) is 11.3 Å². The van der Waals surface area contributed by atoms with Crippen LogP contribution in [0.5, 0.6) is 0 Å². The quantitative estimate of drug-likeness (QED) is 0.495. The van der Waals surface area contributed by atoms with E-state index in [2.05, 4.69) is 6.20 Å². The van der Waals surface area contributed by atoms with Gasteiger partial charge in [0.05, 0.1) is 24.8 Å². The number of aryl methyl sites for hydroxylation is 2. The number of esters is 1. The molecule has 7 nitrogen and oxygen atoms in total. The Labute approximate surface area is 203 Å². The maximum absolute atomic E-state index is 13.3. The summed E-state index contributed by atoms with van der Waals surface area (Å²) in [5, 5.41) is 5.55. The van der Waals surface area contributed by atoms with Crippen molar-refractivity contribution in [3.8, 4) is 11.3 Å². The minimum atomic E-state index is -0.167. The number of piperidine rings is 1. The Morgan fingerprint density at radius 3 is 2.76 bits per heavy atom. The van der Waals surface area contributed by atoms with E-state index in [1.54, 1.807) is 4.90 Å². The third-order valence-electron chi connectivity index (χ3n) is 6.75. The van der Waals surface area contributed by atoms with E-state index in [4.69, 9.17) is 25.9 Å². The first-order valence-corrected chi connectivity index (χ1v) is 12.2. The highest BCUT2D eigenvalue weighted by atomic mass is 35.5. The Kier molecular flexibility index (Phi) is 6.21. The van der Waals surface area contributed by atoms with Crippen molar-refractivity contribution in [3.05, 3.63) is 63.7 Å². The number of rotatable bonds is 5. The molecule has 0 N–H and O–H groups in total. The van der Waals surface area contributed by atoms with Gasteiger partial charge in [-0.25, -0.2) is 0 Å². The molecule has 0 radical (unpaired) electrons. The van der Waals surface area contributed by atoms with Crippen LogP contribution in [-0.4, -0.2) is 46.3 Å². The van der Waals surface area contributed by atoms with Gasteiger partial charge in [-0.2, -0.15) is 5.10 Å². The fourth-order valence-corrected chi connectivity index (χ4v) is 5.21. The van der Waals surface area contributed by atoms with Crippen molar-refractivity contribution in [1.82, 2.24) is 14.7 Å². The van der Waals surface area contributed by atoms with Crippen molar-refractivity contribution >= 4 is 23.5 Å². The van der Waals surface area contributed by atoms with Gasteiger partial charge in [0.25, 0.3) is 5.91 Å². The van der Waals surface area contributed by atoms with E-state index in [0.29, 0.717) is 49.9 Å². The monoisotopic (exact) mass is 481 g/mol. The predicted molar refractivity (Wildman–Crippen MR) is 128 cm³/mol. The Hall–Kier alpha value is -3.06. The molecule has 5 rings (SSSR count). The number of hydrogen-bond donors (Lipinski definition) is 0. The predicted octanol–water partition coefficient (Wildman–Crippen LogP) is 4.67. The van der Waals surface area contributed by atoms with Crippen LogP contribution in [0.3, 0.4) is 0 Å². The number of halogens is 1. The smallest absolute Gasteiger partial charge is 0.309 e. The average Bonchev–Trinajstić information content (AvgIpc) is 3.39. The second-order valence-corrected chi connectivity index (χ2v) is 9.44. The largest absolute Gasteiger partial charge is 0.466 e. The maximum atomic E-state index is 13.3. The van der Waals surface area contributed by atoms with Crippen molar-refractivity contribution < 1.29 is 18.7 Å². The number of carbonyl (C=O) groups is 2. The molecule has 8 heteroatoms. The number of hydrogen-bond acceptors (Lipinski definition) is 5. The van der Waals surface area contributed by atoms with Gasteiger partial charge in [0.1, 0.15) is 5.76 Å². The van der Waals surface area contributed by atoms with E-state index in [-0.39, 0.29) is 17.8 Å². The van der Waals surface area contributed by atoms with Gasteiger partial charge in [-0.15, -0.1) is 0 Å². The highest BCUT2D eigenvalue weighted by molar-refractivity contribution is 6.30. The highest BCUT2D eigenvalue weighted by Crippen LogP contribution is 2.39. The molecular weight excluding hydrogens is 454 g/mol. The zero-order chi connectivity index (χ0) is 23.8. The lowest BCUT2D eigenvalue weighted by Gasteiger charge is -2.30. The van der Waals surface area contributed by atoms with Crippen molar-refractivity contribution in [2.24, 2.45) is 5.92 Å². The lowest BCUT2D eigenvalue weighted by molar-refractivity contribution is -0.149. The third kappa shape index (κ3) is 4.25. The highest BCUT2D eigenvalue weighted by Gasteiger charge is 2.34. The van der Waals surface area contributed by atoms with Gasteiger partial charge < -0.3 is 14.1 Å². The van der Waals surface area contributed by atoms with Crippen LogP contribution < -0.4 is 0 Å². The fourth-order valence-electron chi connectivity index (χ4n) is 4.99. The molecule has 0 spiro atoms. The summed E-state index contributed by atoms with van der Waals surface area (Å²) in [6.07, 6.45) is 4.87. The summed E-state index contributed by atoms with van der Waals surface area (Å²) in [6.45, 7) is 5.79. The number of amides is 1. The van der Waals surface area contributed by atoms with Crippen molar-refractivity contribution in [2.45, 2.75) is 46.1 Å². The number of benzene rings is 1. The number of fused-ring (bicyclic) bond motifs is 3. The number of carbonyl (C=O) groups excluding carboxylic acids is 2. The summed E-state index contributed by atoms with van der Waals surface area (Å²) in [5.41, 5.74) is 4.91. The van der Waals surface area contributed by atoms with Crippen LogP contribution in [0, 0.1) is 12.8 Å². The first kappa shape index (κ1) is 22.7. The minimum absolute atomic E-state index is 0.117. The summed E-state index contributed by atoms with van der Waals surface area (Å²) in [6, 6.07) is 7.77. The van der Waals surface area contributed by atoms with Gasteiger partial charge in [0.2, 0.25) is 0 Å². The van der Waals surface area contributed by atoms with Crippen LogP contribution in [0.4, 0.5) is 0 Å². The number of nitrogens with zero attached hydrogens (tertiary/aromatic N) is 3. The molecule has 0 atom stereocenters. The number of furan rings is 1. The van der Waals surface area contributed by atoms with E-state index in [9.17, 15) is 9.59 Å².